The van der Waals surface area contributed by atoms with E-state index in [4.69, 9.17) is 4.74 Å². The summed E-state index contributed by atoms with van der Waals surface area (Å²) in [5.41, 5.74) is 2.44. The van der Waals surface area contributed by atoms with E-state index in [2.05, 4.69) is 9.80 Å². The fourth-order valence-electron chi connectivity index (χ4n) is 4.45. The van der Waals surface area contributed by atoms with Crippen molar-refractivity contribution in [2.45, 2.75) is 25.4 Å². The van der Waals surface area contributed by atoms with Gasteiger partial charge in [0.15, 0.2) is 0 Å². The normalized spacial score (nSPS) is 20.2. The Morgan fingerprint density at radius 3 is 2.63 bits per heavy atom. The predicted molar refractivity (Wildman–Crippen MR) is 116 cm³/mol. The van der Waals surface area contributed by atoms with Crippen molar-refractivity contribution in [3.05, 3.63) is 65.5 Å². The number of hydrogen-bond acceptors (Lipinski definition) is 4. The Bertz CT molecular complexity index is 869. The van der Waals surface area contributed by atoms with Gasteiger partial charge in [-0.25, -0.2) is 4.39 Å². The summed E-state index contributed by atoms with van der Waals surface area (Å²) in [5.74, 6) is -0.113. The van der Waals surface area contributed by atoms with Crippen molar-refractivity contribution in [1.29, 1.82) is 0 Å². The number of amides is 1. The van der Waals surface area contributed by atoms with E-state index in [9.17, 15) is 9.18 Å². The minimum absolute atomic E-state index is 0.0508. The molecule has 30 heavy (non-hydrogen) atoms. The van der Waals surface area contributed by atoms with Crippen LogP contribution in [-0.2, 0) is 11.3 Å². The molecule has 0 unspecified atom stereocenters. The second-order valence-electron chi connectivity index (χ2n) is 8.16. The molecule has 2 aromatic carbocycles. The van der Waals surface area contributed by atoms with Gasteiger partial charge < -0.3 is 14.5 Å². The van der Waals surface area contributed by atoms with Crippen molar-refractivity contribution in [1.82, 2.24) is 9.80 Å². The lowest BCUT2D eigenvalue weighted by Gasteiger charge is -2.38. The van der Waals surface area contributed by atoms with Gasteiger partial charge in [0.05, 0.1) is 18.8 Å². The molecule has 0 radical (unpaired) electrons. The summed E-state index contributed by atoms with van der Waals surface area (Å²) >= 11 is 0. The molecule has 0 spiro atoms. The average molecular weight is 412 g/mol. The van der Waals surface area contributed by atoms with E-state index in [0.29, 0.717) is 25.3 Å². The molecule has 0 saturated carbocycles. The number of piperidine rings is 1. The van der Waals surface area contributed by atoms with Crippen LogP contribution in [0.15, 0.2) is 48.5 Å². The Labute approximate surface area is 178 Å². The molecule has 2 saturated heterocycles. The van der Waals surface area contributed by atoms with Crippen molar-refractivity contribution < 1.29 is 13.9 Å². The predicted octanol–water partition coefficient (Wildman–Crippen LogP) is 3.40. The Hall–Kier alpha value is -2.44. The number of likely N-dealkylation sites (N-methyl/N-ethyl adjacent to an activating group) is 1. The van der Waals surface area contributed by atoms with E-state index in [0.717, 1.165) is 50.3 Å². The molecule has 2 aromatic rings. The number of carbonyl (C=O) groups is 1. The zero-order chi connectivity index (χ0) is 20.9. The number of anilines is 1. The van der Waals surface area contributed by atoms with Crippen LogP contribution >= 0.6 is 0 Å². The second kappa shape index (κ2) is 9.58. The summed E-state index contributed by atoms with van der Waals surface area (Å²) in [6, 6.07) is 14.9. The van der Waals surface area contributed by atoms with Gasteiger partial charge in [-0.05, 0) is 37.6 Å². The van der Waals surface area contributed by atoms with Crippen LogP contribution in [0.25, 0.3) is 0 Å². The number of likely N-dealkylation sites (tertiary alicyclic amines) is 1. The Balaban J connectivity index is 1.45. The lowest BCUT2D eigenvalue weighted by molar-refractivity contribution is 0.0607. The first-order valence-electron chi connectivity index (χ1n) is 10.8. The molecule has 2 aliphatic heterocycles. The summed E-state index contributed by atoms with van der Waals surface area (Å²) < 4.78 is 19.5. The van der Waals surface area contributed by atoms with Gasteiger partial charge in [-0.15, -0.1) is 0 Å². The van der Waals surface area contributed by atoms with E-state index >= 15 is 0 Å². The maximum atomic E-state index is 14.1. The van der Waals surface area contributed by atoms with E-state index in [1.807, 2.05) is 48.3 Å². The van der Waals surface area contributed by atoms with Crippen molar-refractivity contribution in [2.24, 2.45) is 0 Å². The highest BCUT2D eigenvalue weighted by Crippen LogP contribution is 2.25. The maximum Gasteiger partial charge on any atom is 0.255 e. The molecule has 1 amide bonds. The molecule has 1 atom stereocenters. The van der Waals surface area contributed by atoms with E-state index in [1.54, 1.807) is 6.07 Å². The lowest BCUT2D eigenvalue weighted by Crippen LogP contribution is -2.48. The van der Waals surface area contributed by atoms with Gasteiger partial charge in [-0.2, -0.15) is 0 Å². The number of benzene rings is 2. The van der Waals surface area contributed by atoms with Gasteiger partial charge in [0.2, 0.25) is 0 Å². The number of hydrogen-bond donors (Lipinski definition) is 0. The third kappa shape index (κ3) is 4.65. The van der Waals surface area contributed by atoms with Crippen LogP contribution < -0.4 is 4.90 Å². The summed E-state index contributed by atoms with van der Waals surface area (Å²) in [6.07, 6.45) is 1.97. The van der Waals surface area contributed by atoms with Crippen molar-refractivity contribution >= 4 is 11.6 Å². The molecule has 0 N–H and O–H groups in total. The first kappa shape index (κ1) is 20.8. The van der Waals surface area contributed by atoms with Crippen LogP contribution in [0, 0.1) is 5.82 Å². The summed E-state index contributed by atoms with van der Waals surface area (Å²) in [4.78, 5) is 19.8. The van der Waals surface area contributed by atoms with Crippen LogP contribution in [0.1, 0.15) is 28.8 Å². The highest BCUT2D eigenvalue weighted by atomic mass is 19.1. The molecule has 0 aromatic heterocycles. The molecular formula is C24H30FN3O2. The van der Waals surface area contributed by atoms with Gasteiger partial charge in [0.1, 0.15) is 5.82 Å². The molecule has 0 aliphatic carbocycles. The van der Waals surface area contributed by atoms with Crippen LogP contribution in [-0.4, -0.2) is 68.2 Å². The Kier molecular flexibility index (Phi) is 6.65. The number of nitrogens with zero attached hydrogens (tertiary/aromatic N) is 3. The monoisotopic (exact) mass is 411 g/mol. The third-order valence-electron chi connectivity index (χ3n) is 6.19. The minimum atomic E-state index is -0.163. The second-order valence-corrected chi connectivity index (χ2v) is 8.16. The first-order valence-corrected chi connectivity index (χ1v) is 10.8. The Morgan fingerprint density at radius 1 is 1.10 bits per heavy atom. The Morgan fingerprint density at radius 2 is 1.83 bits per heavy atom. The van der Waals surface area contributed by atoms with Crippen LogP contribution in [0.5, 0.6) is 0 Å². The average Bonchev–Trinajstić information content (AvgIpc) is 2.80. The van der Waals surface area contributed by atoms with E-state index in [-0.39, 0.29) is 17.8 Å². The number of para-hydroxylation sites is 1. The van der Waals surface area contributed by atoms with E-state index < -0.39 is 0 Å². The number of rotatable bonds is 5. The number of ether oxygens (including phenoxy) is 1. The molecule has 4 rings (SSSR count). The van der Waals surface area contributed by atoms with Crippen LogP contribution in [0.2, 0.25) is 0 Å². The fraction of sp³-hybridized carbons (Fsp3) is 0.458. The van der Waals surface area contributed by atoms with Gasteiger partial charge in [0, 0.05) is 50.5 Å². The smallest absolute Gasteiger partial charge is 0.255 e. The molecule has 0 bridgehead atoms. The van der Waals surface area contributed by atoms with Crippen LogP contribution in [0.3, 0.4) is 0 Å². The van der Waals surface area contributed by atoms with Crippen LogP contribution in [0.4, 0.5) is 10.1 Å². The SMILES string of the molecule is CN(C(=O)c1ccccc1N1CCOCC1)[C@@H]1CCCN(Cc2ccccc2F)C1. The zero-order valence-electron chi connectivity index (χ0n) is 17.6. The van der Waals surface area contributed by atoms with Gasteiger partial charge >= 0.3 is 0 Å². The van der Waals surface area contributed by atoms with Crippen molar-refractivity contribution in [2.75, 3.05) is 51.3 Å². The van der Waals surface area contributed by atoms with Crippen molar-refractivity contribution in [3.8, 4) is 0 Å². The highest BCUT2D eigenvalue weighted by molar-refractivity contribution is 5.99. The van der Waals surface area contributed by atoms with Crippen molar-refractivity contribution in [3.63, 3.8) is 0 Å². The topological polar surface area (TPSA) is 36.0 Å². The molecule has 2 aliphatic rings. The highest BCUT2D eigenvalue weighted by Gasteiger charge is 2.29. The van der Waals surface area contributed by atoms with Gasteiger partial charge in [0.25, 0.3) is 5.91 Å². The molecular weight excluding hydrogens is 381 g/mol. The quantitative estimate of drug-likeness (QED) is 0.756. The summed E-state index contributed by atoms with van der Waals surface area (Å²) in [7, 11) is 1.90. The van der Waals surface area contributed by atoms with E-state index in [1.165, 1.54) is 6.07 Å². The third-order valence-corrected chi connectivity index (χ3v) is 6.19. The summed E-state index contributed by atoms with van der Waals surface area (Å²) in [6.45, 7) is 5.24. The number of carbonyl (C=O) groups excluding carboxylic acids is 1. The molecule has 160 valence electrons. The van der Waals surface area contributed by atoms with Gasteiger partial charge in [-0.1, -0.05) is 30.3 Å². The molecule has 2 heterocycles. The maximum absolute atomic E-state index is 14.1. The first-order chi connectivity index (χ1) is 14.6. The molecule has 2 fully saturated rings. The largest absolute Gasteiger partial charge is 0.378 e. The van der Waals surface area contributed by atoms with Gasteiger partial charge in [-0.3, -0.25) is 9.69 Å². The minimum Gasteiger partial charge on any atom is -0.378 e. The zero-order valence-corrected chi connectivity index (χ0v) is 17.6. The number of halogens is 1. The fourth-order valence-corrected chi connectivity index (χ4v) is 4.45. The lowest BCUT2D eigenvalue weighted by atomic mass is 10.0. The summed E-state index contributed by atoms with van der Waals surface area (Å²) in [5, 5.41) is 0. The molecule has 5 nitrogen and oxygen atoms in total. The number of morpholine rings is 1. The molecule has 6 heteroatoms. The standard InChI is InChI=1S/C24H30FN3O2/c1-26(20-8-6-12-27(18-20)17-19-7-2-4-10-22(19)25)24(29)21-9-3-5-11-23(21)28-13-15-30-16-14-28/h2-5,7,9-11,20H,6,8,12-18H2,1H3/t20-/m1/s1.